The summed E-state index contributed by atoms with van der Waals surface area (Å²) in [7, 11) is 1.66. The van der Waals surface area contributed by atoms with Crippen LogP contribution < -0.4 is 22.0 Å². The number of rotatable bonds is 10. The SMILES string of the molecule is CCCc1ccc(=O)n(C/C(=C(/N)c2ccc(N3CC(CC(=O)O)CCC3=O)c(CC)n2)N(C)N)c1. The van der Waals surface area contributed by atoms with E-state index < -0.39 is 5.97 Å². The number of nitrogens with two attached hydrogens (primary N) is 2. The third kappa shape index (κ3) is 6.31. The Morgan fingerprint density at radius 3 is 2.61 bits per heavy atom. The van der Waals surface area contributed by atoms with Crippen molar-refractivity contribution in [3.63, 3.8) is 0 Å². The number of hydrogen-bond acceptors (Lipinski definition) is 7. The third-order valence-electron chi connectivity index (χ3n) is 6.46. The molecule has 1 aliphatic heterocycles. The number of aromatic nitrogens is 2. The van der Waals surface area contributed by atoms with Gasteiger partial charge in [0, 0.05) is 38.7 Å². The summed E-state index contributed by atoms with van der Waals surface area (Å²) in [5, 5.41) is 10.6. The summed E-state index contributed by atoms with van der Waals surface area (Å²) in [5.41, 5.74) is 10.1. The summed E-state index contributed by atoms with van der Waals surface area (Å²) < 4.78 is 1.58. The Bertz CT molecular complexity index is 1200. The molecule has 0 aliphatic carbocycles. The Morgan fingerprint density at radius 1 is 1.22 bits per heavy atom. The van der Waals surface area contributed by atoms with Crippen LogP contribution in [0.25, 0.3) is 5.70 Å². The summed E-state index contributed by atoms with van der Waals surface area (Å²) in [6, 6.07) is 6.91. The highest BCUT2D eigenvalue weighted by Crippen LogP contribution is 2.29. The summed E-state index contributed by atoms with van der Waals surface area (Å²) >= 11 is 0. The van der Waals surface area contributed by atoms with Crippen LogP contribution in [0.5, 0.6) is 0 Å². The van der Waals surface area contributed by atoms with Gasteiger partial charge < -0.3 is 25.3 Å². The Labute approximate surface area is 211 Å². The number of likely N-dealkylation sites (N-methyl/N-ethyl adjacent to an activating group) is 1. The highest BCUT2D eigenvalue weighted by molar-refractivity contribution is 5.95. The number of anilines is 1. The molecule has 1 atom stereocenters. The number of hydrazine groups is 1. The molecule has 0 saturated carbocycles. The maximum Gasteiger partial charge on any atom is 0.303 e. The quantitative estimate of drug-likeness (QED) is 0.335. The van der Waals surface area contributed by atoms with Gasteiger partial charge in [-0.15, -0.1) is 0 Å². The smallest absolute Gasteiger partial charge is 0.303 e. The molecule has 2 aromatic heterocycles. The van der Waals surface area contributed by atoms with Crippen LogP contribution in [0, 0.1) is 5.92 Å². The number of aliphatic carboxylic acids is 1. The molecule has 36 heavy (non-hydrogen) atoms. The molecule has 0 aromatic carbocycles. The molecule has 1 amide bonds. The first-order valence-corrected chi connectivity index (χ1v) is 12.3. The summed E-state index contributed by atoms with van der Waals surface area (Å²) in [4.78, 5) is 42.7. The van der Waals surface area contributed by atoms with Crippen molar-refractivity contribution in [2.75, 3.05) is 18.5 Å². The number of carboxylic acids is 1. The number of allylic oxidation sites excluding steroid dienone is 1. The molecule has 194 valence electrons. The van der Waals surface area contributed by atoms with Crippen molar-refractivity contribution in [1.29, 1.82) is 0 Å². The number of nitrogens with zero attached hydrogens (tertiary/aromatic N) is 4. The number of pyridine rings is 2. The van der Waals surface area contributed by atoms with Crippen LogP contribution in [0.1, 0.15) is 56.5 Å². The first-order valence-electron chi connectivity index (χ1n) is 12.3. The van der Waals surface area contributed by atoms with Crippen LogP contribution >= 0.6 is 0 Å². The lowest BCUT2D eigenvalue weighted by Crippen LogP contribution is -2.41. The van der Waals surface area contributed by atoms with Gasteiger partial charge in [0.1, 0.15) is 0 Å². The van der Waals surface area contributed by atoms with Gasteiger partial charge in [-0.1, -0.05) is 26.3 Å². The zero-order chi connectivity index (χ0) is 26.4. The normalized spacial score (nSPS) is 16.6. The molecule has 0 radical (unpaired) electrons. The molecule has 3 heterocycles. The highest BCUT2D eigenvalue weighted by atomic mass is 16.4. The number of hydrogen-bond donors (Lipinski definition) is 3. The zero-order valence-corrected chi connectivity index (χ0v) is 21.2. The number of aryl methyl sites for hydroxylation is 2. The minimum absolute atomic E-state index is 0.0253. The van der Waals surface area contributed by atoms with E-state index in [4.69, 9.17) is 16.6 Å². The van der Waals surface area contributed by atoms with Gasteiger partial charge in [-0.2, -0.15) is 0 Å². The van der Waals surface area contributed by atoms with Crippen molar-refractivity contribution in [2.45, 2.75) is 58.9 Å². The summed E-state index contributed by atoms with van der Waals surface area (Å²) in [6.45, 7) is 4.55. The second kappa shape index (κ2) is 11.9. The standard InChI is InChI=1S/C26H36N6O4/c1-4-6-17-7-11-23(33)31(14-17)16-22(30(3)28)26(27)20-9-10-21(19(5-2)29-20)32-15-18(13-25(35)36)8-12-24(32)34/h7,9-11,14,18H,4-6,8,12-13,15-16,27-28H2,1-3H3,(H,35,36)/b26-22-. The van der Waals surface area contributed by atoms with Crippen LogP contribution in [0.4, 0.5) is 5.69 Å². The third-order valence-corrected chi connectivity index (χ3v) is 6.46. The first-order chi connectivity index (χ1) is 17.1. The van der Waals surface area contributed by atoms with Crippen molar-refractivity contribution in [3.8, 4) is 0 Å². The number of amides is 1. The van der Waals surface area contributed by atoms with Crippen LogP contribution in [-0.4, -0.2) is 45.1 Å². The van der Waals surface area contributed by atoms with E-state index in [1.54, 1.807) is 34.7 Å². The topological polar surface area (TPSA) is 148 Å². The van der Waals surface area contributed by atoms with Crippen molar-refractivity contribution in [1.82, 2.24) is 14.6 Å². The fourth-order valence-corrected chi connectivity index (χ4v) is 4.55. The largest absolute Gasteiger partial charge is 0.481 e. The van der Waals surface area contributed by atoms with E-state index >= 15 is 0 Å². The van der Waals surface area contributed by atoms with Gasteiger partial charge >= 0.3 is 5.97 Å². The van der Waals surface area contributed by atoms with E-state index in [0.717, 1.165) is 18.4 Å². The molecule has 1 unspecified atom stereocenters. The Morgan fingerprint density at radius 2 is 1.97 bits per heavy atom. The molecular formula is C26H36N6O4. The second-order valence-electron chi connectivity index (χ2n) is 9.25. The second-order valence-corrected chi connectivity index (χ2v) is 9.25. The Hall–Kier alpha value is -3.66. The van der Waals surface area contributed by atoms with Crippen LogP contribution in [0.2, 0.25) is 0 Å². The minimum Gasteiger partial charge on any atom is -0.481 e. The zero-order valence-electron chi connectivity index (χ0n) is 21.2. The molecule has 0 spiro atoms. The molecule has 5 N–H and O–H groups in total. The number of carboxylic acid groups (broad SMARTS) is 1. The number of carbonyl (C=O) groups is 2. The van der Waals surface area contributed by atoms with E-state index in [1.807, 2.05) is 19.2 Å². The molecule has 10 heteroatoms. The van der Waals surface area contributed by atoms with Gasteiger partial charge in [0.25, 0.3) is 5.56 Å². The Balaban J connectivity index is 1.96. The molecule has 0 bridgehead atoms. The average molecular weight is 497 g/mol. The Kier molecular flexibility index (Phi) is 8.87. The van der Waals surface area contributed by atoms with Crippen LogP contribution in [0.3, 0.4) is 0 Å². The van der Waals surface area contributed by atoms with E-state index in [2.05, 4.69) is 6.92 Å². The van der Waals surface area contributed by atoms with Gasteiger partial charge in [-0.25, -0.2) is 10.8 Å². The molecule has 1 aliphatic rings. The average Bonchev–Trinajstić information content (AvgIpc) is 2.84. The van der Waals surface area contributed by atoms with E-state index in [1.165, 1.54) is 5.01 Å². The molecular weight excluding hydrogens is 460 g/mol. The van der Waals surface area contributed by atoms with Crippen molar-refractivity contribution >= 4 is 23.3 Å². The number of carbonyl (C=O) groups excluding carboxylic acids is 1. The van der Waals surface area contributed by atoms with Gasteiger partial charge in [-0.3, -0.25) is 14.4 Å². The predicted octanol–water partition coefficient (Wildman–Crippen LogP) is 2.11. The van der Waals surface area contributed by atoms with Crippen molar-refractivity contribution in [2.24, 2.45) is 17.5 Å². The van der Waals surface area contributed by atoms with Crippen LogP contribution in [-0.2, 0) is 29.0 Å². The molecule has 1 saturated heterocycles. The first kappa shape index (κ1) is 26.9. The predicted molar refractivity (Wildman–Crippen MR) is 139 cm³/mol. The van der Waals surface area contributed by atoms with Crippen molar-refractivity contribution < 1.29 is 14.7 Å². The lowest BCUT2D eigenvalue weighted by atomic mass is 9.93. The summed E-state index contributed by atoms with van der Waals surface area (Å²) in [6.07, 6.45) is 5.10. The molecule has 1 fully saturated rings. The van der Waals surface area contributed by atoms with Gasteiger partial charge in [0.2, 0.25) is 5.91 Å². The van der Waals surface area contributed by atoms with Gasteiger partial charge in [-0.05, 0) is 42.9 Å². The summed E-state index contributed by atoms with van der Waals surface area (Å²) in [5.74, 6) is 5.10. The molecule has 2 aromatic rings. The fraction of sp³-hybridized carbons (Fsp3) is 0.462. The van der Waals surface area contributed by atoms with E-state index in [0.29, 0.717) is 54.3 Å². The maximum absolute atomic E-state index is 12.7. The van der Waals surface area contributed by atoms with Crippen LogP contribution in [0.15, 0.2) is 41.0 Å². The van der Waals surface area contributed by atoms with Crippen molar-refractivity contribution in [3.05, 3.63) is 63.5 Å². The maximum atomic E-state index is 12.7. The molecule has 3 rings (SSSR count). The monoisotopic (exact) mass is 496 g/mol. The minimum atomic E-state index is -0.867. The lowest BCUT2D eigenvalue weighted by molar-refractivity contribution is -0.138. The fourth-order valence-electron chi connectivity index (χ4n) is 4.55. The van der Waals surface area contributed by atoms with E-state index in [9.17, 15) is 19.5 Å². The van der Waals surface area contributed by atoms with Gasteiger partial charge in [0.15, 0.2) is 0 Å². The van der Waals surface area contributed by atoms with Gasteiger partial charge in [0.05, 0.1) is 35.0 Å². The van der Waals surface area contributed by atoms with E-state index in [-0.39, 0.29) is 30.3 Å². The lowest BCUT2D eigenvalue weighted by Gasteiger charge is -2.33. The highest BCUT2D eigenvalue weighted by Gasteiger charge is 2.29. The molecule has 10 nitrogen and oxygen atoms in total. The number of piperidine rings is 1.